The van der Waals surface area contributed by atoms with E-state index >= 15 is 0 Å². The summed E-state index contributed by atoms with van der Waals surface area (Å²) >= 11 is 12.3. The highest BCUT2D eigenvalue weighted by Crippen LogP contribution is 2.37. The molecule has 0 saturated heterocycles. The average molecular weight is 382 g/mol. The lowest BCUT2D eigenvalue weighted by atomic mass is 10.1. The number of ether oxygens (including phenoxy) is 1. The second-order valence-corrected chi connectivity index (χ2v) is 6.30. The highest BCUT2D eigenvalue weighted by Gasteiger charge is 2.15. The molecule has 0 amide bonds. The normalized spacial score (nSPS) is 10.7. The number of rotatable bonds is 4. The minimum atomic E-state index is 0.367. The monoisotopic (exact) mass is 381 g/mol. The highest BCUT2D eigenvalue weighted by molar-refractivity contribution is 6.42. The van der Waals surface area contributed by atoms with Gasteiger partial charge in [-0.3, -0.25) is 0 Å². The summed E-state index contributed by atoms with van der Waals surface area (Å²) in [6.07, 6.45) is 1.72. The molecule has 1 aromatic heterocycles. The predicted octanol–water partition coefficient (Wildman–Crippen LogP) is 6.03. The Morgan fingerprint density at radius 2 is 1.50 bits per heavy atom. The van der Waals surface area contributed by atoms with Crippen molar-refractivity contribution in [2.75, 3.05) is 0 Å². The van der Waals surface area contributed by atoms with Gasteiger partial charge in [-0.25, -0.2) is 4.68 Å². The SMILES string of the molecule is Clc1cccc(Oc2ccccc2-n2nncc2-c2ccccc2)c1Cl. The van der Waals surface area contributed by atoms with Gasteiger partial charge in [0.05, 0.1) is 16.9 Å². The first-order valence-corrected chi connectivity index (χ1v) is 8.67. The molecular weight excluding hydrogens is 369 g/mol. The number of aromatic nitrogens is 3. The summed E-state index contributed by atoms with van der Waals surface area (Å²) < 4.78 is 7.77. The van der Waals surface area contributed by atoms with Crippen LogP contribution in [0.1, 0.15) is 0 Å². The molecule has 1 heterocycles. The van der Waals surface area contributed by atoms with Gasteiger partial charge in [0.1, 0.15) is 16.5 Å². The number of benzene rings is 3. The van der Waals surface area contributed by atoms with Crippen LogP contribution in [0.3, 0.4) is 0 Å². The first-order valence-electron chi connectivity index (χ1n) is 7.91. The molecule has 0 N–H and O–H groups in total. The summed E-state index contributed by atoms with van der Waals surface area (Å²) in [5, 5.41) is 9.10. The second kappa shape index (κ2) is 7.20. The van der Waals surface area contributed by atoms with E-state index in [1.165, 1.54) is 0 Å². The summed E-state index contributed by atoms with van der Waals surface area (Å²) in [5.41, 5.74) is 2.62. The van der Waals surface area contributed by atoms with Crippen LogP contribution in [0.5, 0.6) is 11.5 Å². The third-order valence-electron chi connectivity index (χ3n) is 3.85. The van der Waals surface area contributed by atoms with E-state index in [-0.39, 0.29) is 0 Å². The van der Waals surface area contributed by atoms with Crippen molar-refractivity contribution >= 4 is 23.2 Å². The lowest BCUT2D eigenvalue weighted by molar-refractivity contribution is 0.478. The van der Waals surface area contributed by atoms with Crippen molar-refractivity contribution in [1.29, 1.82) is 0 Å². The lowest BCUT2D eigenvalue weighted by Crippen LogP contribution is -2.02. The molecule has 0 radical (unpaired) electrons. The van der Waals surface area contributed by atoms with Crippen molar-refractivity contribution in [3.8, 4) is 28.4 Å². The molecule has 0 saturated carbocycles. The third-order valence-corrected chi connectivity index (χ3v) is 4.65. The van der Waals surface area contributed by atoms with Crippen LogP contribution in [0.4, 0.5) is 0 Å². The molecule has 4 aromatic rings. The highest BCUT2D eigenvalue weighted by atomic mass is 35.5. The number of hydrogen-bond donors (Lipinski definition) is 0. The van der Waals surface area contributed by atoms with Crippen molar-refractivity contribution in [3.05, 3.63) is 89.0 Å². The molecule has 0 unspecified atom stereocenters. The van der Waals surface area contributed by atoms with E-state index in [0.717, 1.165) is 16.9 Å². The Labute approximate surface area is 160 Å². The minimum Gasteiger partial charge on any atom is -0.453 e. The van der Waals surface area contributed by atoms with E-state index < -0.39 is 0 Å². The van der Waals surface area contributed by atoms with Gasteiger partial charge in [-0.05, 0) is 24.3 Å². The zero-order valence-corrected chi connectivity index (χ0v) is 15.0. The van der Waals surface area contributed by atoms with E-state index in [2.05, 4.69) is 10.3 Å². The lowest BCUT2D eigenvalue weighted by Gasteiger charge is -2.14. The van der Waals surface area contributed by atoms with Crippen LogP contribution in [-0.4, -0.2) is 15.0 Å². The topological polar surface area (TPSA) is 39.9 Å². The third kappa shape index (κ3) is 3.17. The van der Waals surface area contributed by atoms with Crippen molar-refractivity contribution in [1.82, 2.24) is 15.0 Å². The molecule has 0 spiro atoms. The molecule has 0 aliphatic heterocycles. The first kappa shape index (κ1) is 16.6. The van der Waals surface area contributed by atoms with E-state index in [4.69, 9.17) is 27.9 Å². The molecule has 128 valence electrons. The number of hydrogen-bond acceptors (Lipinski definition) is 3. The predicted molar refractivity (Wildman–Crippen MR) is 103 cm³/mol. The molecule has 0 aliphatic rings. The fourth-order valence-corrected chi connectivity index (χ4v) is 2.95. The Balaban J connectivity index is 1.79. The van der Waals surface area contributed by atoms with Crippen molar-refractivity contribution in [3.63, 3.8) is 0 Å². The Kier molecular flexibility index (Phi) is 4.61. The smallest absolute Gasteiger partial charge is 0.153 e. The fraction of sp³-hybridized carbons (Fsp3) is 0. The number of para-hydroxylation sites is 2. The summed E-state index contributed by atoms with van der Waals surface area (Å²) in [4.78, 5) is 0. The maximum Gasteiger partial charge on any atom is 0.153 e. The molecule has 4 rings (SSSR count). The summed E-state index contributed by atoms with van der Waals surface area (Å²) in [5.74, 6) is 1.08. The zero-order chi connectivity index (χ0) is 17.9. The van der Waals surface area contributed by atoms with Crippen LogP contribution in [0.2, 0.25) is 10.0 Å². The summed E-state index contributed by atoms with van der Waals surface area (Å²) in [7, 11) is 0. The van der Waals surface area contributed by atoms with Gasteiger partial charge in [0.15, 0.2) is 5.75 Å². The molecular formula is C20H13Cl2N3O. The summed E-state index contributed by atoms with van der Waals surface area (Å²) in [6.45, 7) is 0. The average Bonchev–Trinajstić information content (AvgIpc) is 3.16. The minimum absolute atomic E-state index is 0.367. The van der Waals surface area contributed by atoms with Crippen molar-refractivity contribution < 1.29 is 4.74 Å². The maximum absolute atomic E-state index is 6.26. The van der Waals surface area contributed by atoms with Crippen LogP contribution >= 0.6 is 23.2 Å². The van der Waals surface area contributed by atoms with Crippen LogP contribution in [-0.2, 0) is 0 Å². The molecule has 6 heteroatoms. The first-order chi connectivity index (χ1) is 12.7. The Morgan fingerprint density at radius 3 is 2.35 bits per heavy atom. The van der Waals surface area contributed by atoms with E-state index in [1.807, 2.05) is 54.6 Å². The van der Waals surface area contributed by atoms with Gasteiger partial charge in [0.25, 0.3) is 0 Å². The van der Waals surface area contributed by atoms with E-state index in [1.54, 1.807) is 29.1 Å². The van der Waals surface area contributed by atoms with Gasteiger partial charge in [0, 0.05) is 5.56 Å². The zero-order valence-electron chi connectivity index (χ0n) is 13.5. The van der Waals surface area contributed by atoms with Crippen LogP contribution in [0.15, 0.2) is 79.0 Å². The Bertz CT molecular complexity index is 1050. The van der Waals surface area contributed by atoms with Crippen molar-refractivity contribution in [2.24, 2.45) is 0 Å². The molecule has 0 fully saturated rings. The van der Waals surface area contributed by atoms with Gasteiger partial charge in [-0.2, -0.15) is 0 Å². The number of halogens is 2. The standard InChI is InChI=1S/C20H13Cl2N3O/c21-15-9-6-12-19(20(15)22)26-18-11-5-4-10-16(18)25-17(13-23-24-25)14-7-2-1-3-8-14/h1-13H. The Morgan fingerprint density at radius 1 is 0.769 bits per heavy atom. The second-order valence-electron chi connectivity index (χ2n) is 5.52. The quantitative estimate of drug-likeness (QED) is 0.432. The van der Waals surface area contributed by atoms with E-state index in [0.29, 0.717) is 21.5 Å². The van der Waals surface area contributed by atoms with Crippen LogP contribution < -0.4 is 4.74 Å². The fourth-order valence-electron chi connectivity index (χ4n) is 2.62. The summed E-state index contributed by atoms with van der Waals surface area (Å²) in [6, 6.07) is 22.8. The van der Waals surface area contributed by atoms with Gasteiger partial charge in [-0.15, -0.1) is 5.10 Å². The Hall–Kier alpha value is -2.82. The molecule has 0 aliphatic carbocycles. The van der Waals surface area contributed by atoms with Gasteiger partial charge in [-0.1, -0.05) is 76.9 Å². The molecule has 4 nitrogen and oxygen atoms in total. The van der Waals surface area contributed by atoms with Gasteiger partial charge < -0.3 is 4.74 Å². The van der Waals surface area contributed by atoms with E-state index in [9.17, 15) is 0 Å². The molecule has 0 atom stereocenters. The largest absolute Gasteiger partial charge is 0.453 e. The maximum atomic E-state index is 6.26. The van der Waals surface area contributed by atoms with Crippen LogP contribution in [0, 0.1) is 0 Å². The molecule has 26 heavy (non-hydrogen) atoms. The van der Waals surface area contributed by atoms with Crippen LogP contribution in [0.25, 0.3) is 16.9 Å². The van der Waals surface area contributed by atoms with Gasteiger partial charge in [0.2, 0.25) is 0 Å². The van der Waals surface area contributed by atoms with Crippen molar-refractivity contribution in [2.45, 2.75) is 0 Å². The molecule has 3 aromatic carbocycles. The van der Waals surface area contributed by atoms with Gasteiger partial charge >= 0.3 is 0 Å². The molecule has 0 bridgehead atoms. The number of nitrogens with zero attached hydrogens (tertiary/aromatic N) is 3.